The average Bonchev–Trinajstić information content (AvgIpc) is 3.52. The fourth-order valence-electron chi connectivity index (χ4n) is 9.97. The monoisotopic (exact) mass is 461 g/mol. The molecule has 33 heavy (non-hydrogen) atoms. The fourth-order valence-corrected chi connectivity index (χ4v) is 9.97. The van der Waals surface area contributed by atoms with E-state index in [1.165, 1.54) is 0 Å². The number of aromatic nitrogens is 1. The SMILES string of the molecule is CC(C)[C@@]1(O)[C@@H](OC(=O)c2ccc[nH]2)[C@@]2(O)[C@@]3(C)C[C@]4(O)O[C@@]5(C[C@@H]6CC[C@]35O6)[C@@]2(O)[C@]14C. The topological polar surface area (TPSA) is 141 Å². The quantitative estimate of drug-likeness (QED) is 0.413. The molecule has 7 aliphatic rings. The summed E-state index contributed by atoms with van der Waals surface area (Å²) in [6.45, 7) is 6.81. The molecule has 180 valence electrons. The number of rotatable bonds is 3. The van der Waals surface area contributed by atoms with Crippen LogP contribution in [0.2, 0.25) is 0 Å². The third-order valence-electron chi connectivity index (χ3n) is 11.2. The van der Waals surface area contributed by atoms with Gasteiger partial charge in [-0.3, -0.25) is 0 Å². The first-order valence-corrected chi connectivity index (χ1v) is 11.9. The lowest BCUT2D eigenvalue weighted by molar-refractivity contribution is -0.362. The summed E-state index contributed by atoms with van der Waals surface area (Å²) in [5.41, 5.74) is -11.6. The van der Waals surface area contributed by atoms with Crippen molar-refractivity contribution in [3.8, 4) is 0 Å². The third kappa shape index (κ3) is 1.43. The van der Waals surface area contributed by atoms with Crippen LogP contribution in [0, 0.1) is 16.7 Å². The Morgan fingerprint density at radius 1 is 1.21 bits per heavy atom. The average molecular weight is 462 g/mol. The first-order valence-electron chi connectivity index (χ1n) is 11.9. The summed E-state index contributed by atoms with van der Waals surface area (Å²) in [5, 5.41) is 50.0. The smallest absolute Gasteiger partial charge is 0.355 e. The van der Waals surface area contributed by atoms with Gasteiger partial charge in [0.25, 0.3) is 0 Å². The van der Waals surface area contributed by atoms with Crippen molar-refractivity contribution in [2.24, 2.45) is 16.7 Å². The standard InChI is InChI=1S/C24H31NO8/c1-12(2)22(28)16(31-15(26)14-6-5-9-25-14)23(29)17(3)11-21(27)18(22,4)24(23,30)20(33-21)10-13-7-8-19(17,20)32-13/h5-6,9,12-13,16,25,27-30H,7-8,10-11H2,1-4H3/t13-,16+,17-,18-,19-,20+,21-,22+,23+,24-/m0/s1. The molecular formula is C24H31NO8. The Morgan fingerprint density at radius 2 is 1.94 bits per heavy atom. The molecule has 5 heterocycles. The number of aromatic amines is 1. The molecule has 5 N–H and O–H groups in total. The largest absolute Gasteiger partial charge is 0.451 e. The van der Waals surface area contributed by atoms with Crippen molar-refractivity contribution in [1.29, 1.82) is 0 Å². The lowest BCUT2D eigenvalue weighted by Crippen LogP contribution is -2.73. The molecule has 0 unspecified atom stereocenters. The molecule has 9 nitrogen and oxygen atoms in total. The van der Waals surface area contributed by atoms with Crippen LogP contribution in [0.5, 0.6) is 0 Å². The van der Waals surface area contributed by atoms with Gasteiger partial charge in [-0.1, -0.05) is 20.8 Å². The van der Waals surface area contributed by atoms with Crippen molar-refractivity contribution < 1.29 is 39.4 Å². The van der Waals surface area contributed by atoms with Gasteiger partial charge in [0.15, 0.2) is 11.9 Å². The predicted molar refractivity (Wildman–Crippen MR) is 111 cm³/mol. The van der Waals surface area contributed by atoms with E-state index < -0.39 is 62.6 Å². The highest BCUT2D eigenvalue weighted by Crippen LogP contribution is 2.92. The maximum absolute atomic E-state index is 13.1. The molecule has 0 aromatic carbocycles. The number of carbonyl (C=O) groups excluding carboxylic acids is 1. The molecule has 7 fully saturated rings. The van der Waals surface area contributed by atoms with E-state index in [0.717, 1.165) is 6.42 Å². The molecule has 0 radical (unpaired) electrons. The second-order valence-corrected chi connectivity index (χ2v) is 12.0. The Hall–Kier alpha value is -1.49. The molecule has 10 atom stereocenters. The highest BCUT2D eigenvalue weighted by atomic mass is 16.7. The number of fused-ring (bicyclic) bond motifs is 1. The van der Waals surface area contributed by atoms with Gasteiger partial charge in [0.05, 0.1) is 11.5 Å². The van der Waals surface area contributed by atoms with E-state index in [9.17, 15) is 25.2 Å². The summed E-state index contributed by atoms with van der Waals surface area (Å²) in [7, 11) is 0. The van der Waals surface area contributed by atoms with Crippen LogP contribution in [0.15, 0.2) is 18.3 Å². The molecule has 8 bridgehead atoms. The van der Waals surface area contributed by atoms with Gasteiger partial charge in [0, 0.05) is 24.5 Å². The first kappa shape index (κ1) is 20.8. The molecule has 3 aliphatic carbocycles. The molecule has 1 aromatic heterocycles. The van der Waals surface area contributed by atoms with Crippen LogP contribution in [-0.4, -0.2) is 77.4 Å². The van der Waals surface area contributed by atoms with E-state index >= 15 is 0 Å². The van der Waals surface area contributed by atoms with Crippen molar-refractivity contribution in [2.75, 3.05) is 0 Å². The van der Waals surface area contributed by atoms with Crippen LogP contribution < -0.4 is 0 Å². The molecule has 4 aliphatic heterocycles. The van der Waals surface area contributed by atoms with Crippen LogP contribution in [0.1, 0.15) is 63.9 Å². The first-order chi connectivity index (χ1) is 15.3. The van der Waals surface area contributed by atoms with Gasteiger partial charge in [0.1, 0.15) is 33.7 Å². The van der Waals surface area contributed by atoms with E-state index in [1.54, 1.807) is 46.0 Å². The minimum absolute atomic E-state index is 0.0602. The summed E-state index contributed by atoms with van der Waals surface area (Å²) < 4.78 is 18.9. The van der Waals surface area contributed by atoms with Crippen LogP contribution in [0.25, 0.3) is 0 Å². The summed E-state index contributed by atoms with van der Waals surface area (Å²) in [4.78, 5) is 15.9. The maximum Gasteiger partial charge on any atom is 0.355 e. The number of hydrogen-bond donors (Lipinski definition) is 5. The van der Waals surface area contributed by atoms with Crippen LogP contribution in [0.3, 0.4) is 0 Å². The molecule has 9 heteroatoms. The van der Waals surface area contributed by atoms with E-state index in [2.05, 4.69) is 4.98 Å². The number of H-pyrrole nitrogens is 1. The normalized spacial score (nSPS) is 61.4. The van der Waals surface area contributed by atoms with Gasteiger partial charge in [-0.2, -0.15) is 0 Å². The highest BCUT2D eigenvalue weighted by Gasteiger charge is 3.10. The highest BCUT2D eigenvalue weighted by molar-refractivity contribution is 5.87. The zero-order valence-electron chi connectivity index (χ0n) is 19.2. The number of aliphatic hydroxyl groups is 4. The Kier molecular flexibility index (Phi) is 3.19. The molecular weight excluding hydrogens is 430 g/mol. The van der Waals surface area contributed by atoms with E-state index in [-0.39, 0.29) is 18.2 Å². The van der Waals surface area contributed by atoms with Crippen molar-refractivity contribution in [3.63, 3.8) is 0 Å². The predicted octanol–water partition coefficient (Wildman–Crippen LogP) is 0.612. The maximum atomic E-state index is 13.1. The molecule has 1 aromatic rings. The van der Waals surface area contributed by atoms with Gasteiger partial charge in [-0.15, -0.1) is 0 Å². The zero-order valence-corrected chi connectivity index (χ0v) is 19.2. The summed E-state index contributed by atoms with van der Waals surface area (Å²) >= 11 is 0. The van der Waals surface area contributed by atoms with Crippen LogP contribution >= 0.6 is 0 Å². The molecule has 8 rings (SSSR count). The fraction of sp³-hybridized carbons (Fsp3) is 0.792. The number of nitrogens with one attached hydrogen (secondary N) is 1. The van der Waals surface area contributed by atoms with Gasteiger partial charge in [0.2, 0.25) is 0 Å². The number of ether oxygens (including phenoxy) is 3. The van der Waals surface area contributed by atoms with Crippen molar-refractivity contribution >= 4 is 5.97 Å². The van der Waals surface area contributed by atoms with E-state index in [1.807, 2.05) is 0 Å². The van der Waals surface area contributed by atoms with Gasteiger partial charge < -0.3 is 39.6 Å². The Labute approximate surface area is 191 Å². The second kappa shape index (κ2) is 5.05. The van der Waals surface area contributed by atoms with Crippen LogP contribution in [0.4, 0.5) is 0 Å². The summed E-state index contributed by atoms with van der Waals surface area (Å²) in [5.74, 6) is -3.31. The lowest BCUT2D eigenvalue weighted by Gasteiger charge is -2.58. The third-order valence-corrected chi connectivity index (χ3v) is 11.2. The van der Waals surface area contributed by atoms with Gasteiger partial charge >= 0.3 is 5.97 Å². The van der Waals surface area contributed by atoms with Crippen molar-refractivity contribution in [3.05, 3.63) is 24.0 Å². The molecule has 4 saturated heterocycles. The zero-order chi connectivity index (χ0) is 23.7. The lowest BCUT2D eigenvalue weighted by atomic mass is 9.52. The Bertz CT molecular complexity index is 1110. The Morgan fingerprint density at radius 3 is 2.55 bits per heavy atom. The Balaban J connectivity index is 1.54. The van der Waals surface area contributed by atoms with Gasteiger partial charge in [-0.25, -0.2) is 4.79 Å². The van der Waals surface area contributed by atoms with Gasteiger partial charge in [-0.05, 0) is 37.8 Å². The molecule has 3 saturated carbocycles. The number of esters is 1. The summed E-state index contributed by atoms with van der Waals surface area (Å²) in [6.07, 6.45) is 1.41. The second-order valence-electron chi connectivity index (χ2n) is 12.0. The molecule has 2 spiro atoms. The van der Waals surface area contributed by atoms with Crippen molar-refractivity contribution in [2.45, 2.75) is 99.4 Å². The minimum Gasteiger partial charge on any atom is -0.451 e. The van der Waals surface area contributed by atoms with Crippen molar-refractivity contribution in [1.82, 2.24) is 4.98 Å². The van der Waals surface area contributed by atoms with E-state index in [4.69, 9.17) is 14.2 Å². The molecule has 0 amide bonds. The van der Waals surface area contributed by atoms with E-state index in [0.29, 0.717) is 12.8 Å². The minimum atomic E-state index is -2.13. The summed E-state index contributed by atoms with van der Waals surface area (Å²) in [6, 6.07) is 3.19. The number of hydrogen-bond acceptors (Lipinski definition) is 8. The number of carbonyl (C=O) groups is 1. The van der Waals surface area contributed by atoms with Crippen LogP contribution in [-0.2, 0) is 14.2 Å².